The Hall–Kier alpha value is -1.34. The molecule has 0 aliphatic heterocycles. The Morgan fingerprint density at radius 1 is 1.50 bits per heavy atom. The molecule has 0 atom stereocenters. The minimum atomic E-state index is -2.96. The molecule has 0 heterocycles. The molecule has 0 radical (unpaired) electrons. The first-order valence-electron chi connectivity index (χ1n) is 3.70. The van der Waals surface area contributed by atoms with E-state index >= 15 is 0 Å². The first-order chi connectivity index (χ1) is 6.56. The summed E-state index contributed by atoms with van der Waals surface area (Å²) in [5.74, 6) is -0.157. The van der Waals surface area contributed by atoms with Crippen LogP contribution in [0.25, 0.3) is 0 Å². The number of hydrogen-bond acceptors (Lipinski definition) is 2. The van der Waals surface area contributed by atoms with Crippen LogP contribution >= 0.6 is 11.6 Å². The Morgan fingerprint density at radius 3 is 2.64 bits per heavy atom. The number of nitriles is 1. The van der Waals surface area contributed by atoms with Gasteiger partial charge in [0.25, 0.3) is 0 Å². The second-order valence-corrected chi connectivity index (χ2v) is 2.97. The molecule has 14 heavy (non-hydrogen) atoms. The lowest BCUT2D eigenvalue weighted by Crippen LogP contribution is -2.05. The average molecular weight is 218 g/mol. The van der Waals surface area contributed by atoms with Gasteiger partial charge in [0, 0.05) is 0 Å². The lowest BCUT2D eigenvalue weighted by Gasteiger charge is -2.10. The summed E-state index contributed by atoms with van der Waals surface area (Å²) >= 11 is 5.64. The Morgan fingerprint density at radius 2 is 2.14 bits per heavy atom. The van der Waals surface area contributed by atoms with Crippen molar-refractivity contribution in [2.45, 2.75) is 13.5 Å². The van der Waals surface area contributed by atoms with E-state index in [9.17, 15) is 8.78 Å². The molecule has 0 aliphatic carbocycles. The second-order valence-electron chi connectivity index (χ2n) is 2.56. The minimum Gasteiger partial charge on any atom is -0.433 e. The van der Waals surface area contributed by atoms with Crippen molar-refractivity contribution in [2.24, 2.45) is 0 Å². The SMILES string of the molecule is Cc1ccc(Cl)c(C#N)c1OC(F)F. The van der Waals surface area contributed by atoms with Crippen LogP contribution in [0.1, 0.15) is 11.1 Å². The van der Waals surface area contributed by atoms with Crippen LogP contribution < -0.4 is 4.74 Å². The summed E-state index contributed by atoms with van der Waals surface area (Å²) in [4.78, 5) is 0. The summed E-state index contributed by atoms with van der Waals surface area (Å²) in [6.45, 7) is -1.39. The van der Waals surface area contributed by atoms with Crippen molar-refractivity contribution in [3.8, 4) is 11.8 Å². The number of alkyl halides is 2. The molecule has 2 nitrogen and oxygen atoms in total. The number of nitrogens with zero attached hydrogens (tertiary/aromatic N) is 1. The third-order valence-corrected chi connectivity index (χ3v) is 1.94. The number of benzene rings is 1. The molecule has 0 spiro atoms. The van der Waals surface area contributed by atoms with E-state index in [1.54, 1.807) is 13.0 Å². The first kappa shape index (κ1) is 10.7. The predicted molar refractivity (Wildman–Crippen MR) is 47.5 cm³/mol. The quantitative estimate of drug-likeness (QED) is 0.763. The molecule has 1 aromatic rings. The van der Waals surface area contributed by atoms with Crippen molar-refractivity contribution in [2.75, 3.05) is 0 Å². The van der Waals surface area contributed by atoms with Crippen LogP contribution in [0.15, 0.2) is 12.1 Å². The van der Waals surface area contributed by atoms with Crippen molar-refractivity contribution in [1.29, 1.82) is 5.26 Å². The van der Waals surface area contributed by atoms with E-state index in [0.717, 1.165) is 0 Å². The van der Waals surface area contributed by atoms with Gasteiger partial charge >= 0.3 is 6.61 Å². The van der Waals surface area contributed by atoms with Gasteiger partial charge in [-0.3, -0.25) is 0 Å². The molecular weight excluding hydrogens is 212 g/mol. The lowest BCUT2D eigenvalue weighted by molar-refractivity contribution is -0.0504. The molecule has 0 saturated heterocycles. The van der Waals surface area contributed by atoms with Crippen LogP contribution in [0.3, 0.4) is 0 Å². The highest BCUT2D eigenvalue weighted by atomic mass is 35.5. The molecule has 0 unspecified atom stereocenters. The first-order valence-corrected chi connectivity index (χ1v) is 4.08. The van der Waals surface area contributed by atoms with Crippen molar-refractivity contribution < 1.29 is 13.5 Å². The number of ether oxygens (including phenoxy) is 1. The summed E-state index contributed by atoms with van der Waals surface area (Å²) in [6.07, 6.45) is 0. The van der Waals surface area contributed by atoms with E-state index in [0.29, 0.717) is 5.56 Å². The Balaban J connectivity index is 3.25. The zero-order chi connectivity index (χ0) is 10.7. The van der Waals surface area contributed by atoms with Crippen LogP contribution in [-0.2, 0) is 0 Å². The van der Waals surface area contributed by atoms with E-state index in [1.165, 1.54) is 12.1 Å². The molecule has 5 heteroatoms. The van der Waals surface area contributed by atoms with Gasteiger partial charge in [0.15, 0.2) is 0 Å². The molecule has 0 N–H and O–H groups in total. The van der Waals surface area contributed by atoms with E-state index in [2.05, 4.69) is 4.74 Å². The highest BCUT2D eigenvalue weighted by molar-refractivity contribution is 6.32. The van der Waals surface area contributed by atoms with E-state index in [-0.39, 0.29) is 16.3 Å². The van der Waals surface area contributed by atoms with Gasteiger partial charge in [-0.15, -0.1) is 0 Å². The van der Waals surface area contributed by atoms with Crippen molar-refractivity contribution in [1.82, 2.24) is 0 Å². The fraction of sp³-hybridized carbons (Fsp3) is 0.222. The van der Waals surface area contributed by atoms with E-state index in [4.69, 9.17) is 16.9 Å². The second kappa shape index (κ2) is 4.25. The Bertz CT molecular complexity index is 387. The molecule has 0 saturated carbocycles. The van der Waals surface area contributed by atoms with Crippen LogP contribution in [0.5, 0.6) is 5.75 Å². The van der Waals surface area contributed by atoms with Gasteiger partial charge in [0.1, 0.15) is 17.4 Å². The summed E-state index contributed by atoms with van der Waals surface area (Å²) in [5.41, 5.74) is 0.387. The van der Waals surface area contributed by atoms with Crippen molar-refractivity contribution >= 4 is 11.6 Å². The summed E-state index contributed by atoms with van der Waals surface area (Å²) in [6, 6.07) is 4.70. The van der Waals surface area contributed by atoms with Crippen LogP contribution in [0, 0.1) is 18.3 Å². The monoisotopic (exact) mass is 217 g/mol. The highest BCUT2D eigenvalue weighted by Gasteiger charge is 2.14. The zero-order valence-electron chi connectivity index (χ0n) is 7.22. The van der Waals surface area contributed by atoms with Gasteiger partial charge in [-0.25, -0.2) is 0 Å². The van der Waals surface area contributed by atoms with Crippen molar-refractivity contribution in [3.05, 3.63) is 28.3 Å². The third kappa shape index (κ3) is 2.12. The molecule has 0 fully saturated rings. The number of rotatable bonds is 2. The van der Waals surface area contributed by atoms with Crippen LogP contribution in [-0.4, -0.2) is 6.61 Å². The highest BCUT2D eigenvalue weighted by Crippen LogP contribution is 2.30. The van der Waals surface area contributed by atoms with Gasteiger partial charge in [0.05, 0.1) is 5.02 Å². The fourth-order valence-corrected chi connectivity index (χ4v) is 1.20. The molecule has 1 aromatic carbocycles. The van der Waals surface area contributed by atoms with Gasteiger partial charge < -0.3 is 4.74 Å². The fourth-order valence-electron chi connectivity index (χ4n) is 1.01. The molecule has 0 bridgehead atoms. The van der Waals surface area contributed by atoms with Gasteiger partial charge in [-0.1, -0.05) is 17.7 Å². The number of halogens is 3. The average Bonchev–Trinajstić information content (AvgIpc) is 2.11. The molecule has 0 aliphatic rings. The number of hydrogen-bond donors (Lipinski definition) is 0. The van der Waals surface area contributed by atoms with Crippen molar-refractivity contribution in [3.63, 3.8) is 0 Å². The summed E-state index contributed by atoms with van der Waals surface area (Å²) < 4.78 is 28.2. The predicted octanol–water partition coefficient (Wildman–Crippen LogP) is 3.12. The third-order valence-electron chi connectivity index (χ3n) is 1.62. The lowest BCUT2D eigenvalue weighted by atomic mass is 10.1. The Kier molecular flexibility index (Phi) is 3.26. The summed E-state index contributed by atoms with van der Waals surface area (Å²) in [7, 11) is 0. The smallest absolute Gasteiger partial charge is 0.387 e. The van der Waals surface area contributed by atoms with Gasteiger partial charge in [-0.2, -0.15) is 14.0 Å². The standard InChI is InChI=1S/C9H6ClF2NO/c1-5-2-3-7(10)6(4-13)8(5)14-9(11)12/h2-3,9H,1H3. The summed E-state index contributed by atoms with van der Waals surface area (Å²) in [5, 5.41) is 8.78. The van der Waals surface area contributed by atoms with E-state index < -0.39 is 6.61 Å². The van der Waals surface area contributed by atoms with Crippen LogP contribution in [0.2, 0.25) is 5.02 Å². The van der Waals surface area contributed by atoms with Gasteiger partial charge in [-0.05, 0) is 18.6 Å². The topological polar surface area (TPSA) is 33.0 Å². The Labute approximate surface area is 84.7 Å². The maximum absolute atomic E-state index is 12.0. The van der Waals surface area contributed by atoms with E-state index in [1.807, 2.05) is 0 Å². The van der Waals surface area contributed by atoms with Gasteiger partial charge in [0.2, 0.25) is 0 Å². The normalized spacial score (nSPS) is 10.0. The zero-order valence-corrected chi connectivity index (χ0v) is 7.98. The molecular formula is C9H6ClF2NO. The molecule has 0 amide bonds. The largest absolute Gasteiger partial charge is 0.433 e. The maximum Gasteiger partial charge on any atom is 0.387 e. The molecule has 0 aromatic heterocycles. The van der Waals surface area contributed by atoms with Crippen LogP contribution in [0.4, 0.5) is 8.78 Å². The minimum absolute atomic E-state index is 0.0630. The number of aryl methyl sites for hydroxylation is 1. The molecule has 74 valence electrons. The molecule has 1 rings (SSSR count). The maximum atomic E-state index is 12.0.